The van der Waals surface area contributed by atoms with E-state index in [1.807, 2.05) is 41.8 Å². The van der Waals surface area contributed by atoms with Crippen LogP contribution >= 0.6 is 22.7 Å². The number of hydrogen-bond acceptors (Lipinski definition) is 6. The van der Waals surface area contributed by atoms with Gasteiger partial charge in [-0.2, -0.15) is 0 Å². The van der Waals surface area contributed by atoms with Crippen LogP contribution < -0.4 is 15.8 Å². The molecule has 0 aliphatic rings. The lowest BCUT2D eigenvalue weighted by Crippen LogP contribution is -2.22. The number of amides is 1. The van der Waals surface area contributed by atoms with Crippen LogP contribution in [0.1, 0.15) is 14.5 Å². The molecule has 0 bridgehead atoms. The fraction of sp³-hybridized carbons (Fsp3) is 0.111. The van der Waals surface area contributed by atoms with Crippen LogP contribution in [-0.2, 0) is 6.54 Å². The van der Waals surface area contributed by atoms with Crippen LogP contribution in [0.5, 0.6) is 5.75 Å². The maximum absolute atomic E-state index is 12.5. The van der Waals surface area contributed by atoms with Crippen LogP contribution in [0.2, 0.25) is 0 Å². The Balaban J connectivity index is 1.70. The van der Waals surface area contributed by atoms with Gasteiger partial charge in [-0.1, -0.05) is 6.07 Å². The summed E-state index contributed by atoms with van der Waals surface area (Å²) < 4.78 is 5.24. The Morgan fingerprint density at radius 2 is 2.20 bits per heavy atom. The second kappa shape index (κ2) is 6.34. The van der Waals surface area contributed by atoms with E-state index in [1.165, 1.54) is 11.3 Å². The van der Waals surface area contributed by atoms with E-state index in [1.54, 1.807) is 18.4 Å². The lowest BCUT2D eigenvalue weighted by molar-refractivity contribution is 0.0956. The quantitative estimate of drug-likeness (QED) is 0.569. The number of aromatic nitrogens is 1. The summed E-state index contributed by atoms with van der Waals surface area (Å²) in [7, 11) is 1.62. The third-order valence-electron chi connectivity index (χ3n) is 3.93. The highest BCUT2D eigenvalue weighted by Gasteiger charge is 2.18. The van der Waals surface area contributed by atoms with Crippen LogP contribution in [0.3, 0.4) is 0 Å². The highest BCUT2D eigenvalue weighted by atomic mass is 32.1. The molecule has 1 amide bonds. The number of nitrogen functional groups attached to an aromatic ring is 1. The van der Waals surface area contributed by atoms with E-state index in [0.29, 0.717) is 17.1 Å². The number of benzene rings is 1. The van der Waals surface area contributed by atoms with Gasteiger partial charge in [-0.25, -0.2) is 4.98 Å². The van der Waals surface area contributed by atoms with Gasteiger partial charge in [0, 0.05) is 21.7 Å². The van der Waals surface area contributed by atoms with Crippen LogP contribution in [-0.4, -0.2) is 18.0 Å². The Labute approximate surface area is 152 Å². The number of hydrogen-bond donors (Lipinski definition) is 2. The average molecular weight is 369 g/mol. The molecule has 1 aromatic carbocycles. The number of nitrogens with one attached hydrogen (secondary N) is 1. The number of thiophene rings is 2. The van der Waals surface area contributed by atoms with Crippen molar-refractivity contribution < 1.29 is 9.53 Å². The Hall–Kier alpha value is -2.64. The molecule has 3 aromatic heterocycles. The van der Waals surface area contributed by atoms with Crippen molar-refractivity contribution in [3.8, 4) is 5.75 Å². The van der Waals surface area contributed by atoms with Crippen LogP contribution in [0.25, 0.3) is 21.1 Å². The second-order valence-corrected chi connectivity index (χ2v) is 7.54. The number of pyridine rings is 1. The van der Waals surface area contributed by atoms with Crippen LogP contribution in [0.4, 0.5) is 5.69 Å². The number of ether oxygens (including phenoxy) is 1. The van der Waals surface area contributed by atoms with Gasteiger partial charge in [-0.3, -0.25) is 4.79 Å². The number of carbonyl (C=O) groups is 1. The summed E-state index contributed by atoms with van der Waals surface area (Å²) in [5.74, 6) is 0.577. The van der Waals surface area contributed by atoms with Crippen molar-refractivity contribution in [2.24, 2.45) is 0 Å². The molecule has 0 atom stereocenters. The second-order valence-electron chi connectivity index (χ2n) is 5.51. The maximum Gasteiger partial charge on any atom is 0.263 e. The van der Waals surface area contributed by atoms with Crippen molar-refractivity contribution in [1.82, 2.24) is 10.3 Å². The first-order chi connectivity index (χ1) is 12.2. The minimum atomic E-state index is -0.171. The molecule has 0 unspecified atom stereocenters. The number of nitrogens with two attached hydrogens (primary N) is 1. The van der Waals surface area contributed by atoms with Crippen molar-refractivity contribution in [1.29, 1.82) is 0 Å². The molecule has 25 heavy (non-hydrogen) atoms. The molecule has 0 saturated carbocycles. The van der Waals surface area contributed by atoms with Gasteiger partial charge in [0.15, 0.2) is 0 Å². The molecule has 3 N–H and O–H groups in total. The van der Waals surface area contributed by atoms with Gasteiger partial charge in [-0.15, -0.1) is 22.7 Å². The van der Waals surface area contributed by atoms with Crippen molar-refractivity contribution in [3.05, 3.63) is 51.5 Å². The maximum atomic E-state index is 12.5. The normalized spacial score (nSPS) is 11.1. The molecule has 5 nitrogen and oxygen atoms in total. The largest absolute Gasteiger partial charge is 0.497 e. The Morgan fingerprint density at radius 1 is 1.32 bits per heavy atom. The molecule has 0 fully saturated rings. The molecule has 4 rings (SSSR count). The molecular weight excluding hydrogens is 354 g/mol. The van der Waals surface area contributed by atoms with Gasteiger partial charge >= 0.3 is 0 Å². The van der Waals surface area contributed by atoms with Crippen LogP contribution in [0, 0.1) is 0 Å². The smallest absolute Gasteiger partial charge is 0.263 e. The number of nitrogens with zero attached hydrogens (tertiary/aromatic N) is 1. The Morgan fingerprint density at radius 3 is 2.96 bits per heavy atom. The highest BCUT2D eigenvalue weighted by Crippen LogP contribution is 2.35. The van der Waals surface area contributed by atoms with E-state index in [9.17, 15) is 4.79 Å². The van der Waals surface area contributed by atoms with Gasteiger partial charge in [0.25, 0.3) is 5.91 Å². The molecule has 0 aliphatic heterocycles. The summed E-state index contributed by atoms with van der Waals surface area (Å²) in [6.45, 7) is 0.497. The van der Waals surface area contributed by atoms with E-state index in [2.05, 4.69) is 10.3 Å². The number of methoxy groups -OCH3 is 1. The topological polar surface area (TPSA) is 77.2 Å². The van der Waals surface area contributed by atoms with Crippen molar-refractivity contribution in [2.75, 3.05) is 12.8 Å². The first-order valence-electron chi connectivity index (χ1n) is 7.63. The van der Waals surface area contributed by atoms with E-state index in [0.717, 1.165) is 31.7 Å². The third-order valence-corrected chi connectivity index (χ3v) is 5.92. The molecule has 0 saturated heterocycles. The Kier molecular flexibility index (Phi) is 4.03. The predicted molar refractivity (Wildman–Crippen MR) is 104 cm³/mol. The molecule has 0 aliphatic carbocycles. The lowest BCUT2D eigenvalue weighted by Gasteiger charge is -2.03. The fourth-order valence-electron chi connectivity index (χ4n) is 2.63. The van der Waals surface area contributed by atoms with Gasteiger partial charge in [0.1, 0.15) is 15.5 Å². The van der Waals surface area contributed by atoms with Gasteiger partial charge in [-0.05, 0) is 29.6 Å². The average Bonchev–Trinajstić information content (AvgIpc) is 3.26. The molecular formula is C18H15N3O2S2. The van der Waals surface area contributed by atoms with Gasteiger partial charge < -0.3 is 15.8 Å². The molecule has 0 radical (unpaired) electrons. The summed E-state index contributed by atoms with van der Waals surface area (Å²) in [5, 5.41) is 6.67. The molecule has 4 aromatic rings. The van der Waals surface area contributed by atoms with E-state index >= 15 is 0 Å². The zero-order valence-corrected chi connectivity index (χ0v) is 15.0. The van der Waals surface area contributed by atoms with E-state index in [4.69, 9.17) is 10.5 Å². The highest BCUT2D eigenvalue weighted by molar-refractivity contribution is 7.21. The SMILES string of the molecule is COc1ccc2cc3c(N)c(C(=O)NCc4cccs4)sc3nc2c1. The van der Waals surface area contributed by atoms with E-state index < -0.39 is 0 Å². The zero-order chi connectivity index (χ0) is 17.4. The number of anilines is 1. The standard InChI is InChI=1S/C18H15N3O2S2/c1-23-11-5-4-10-7-13-15(19)16(25-18(13)21-14(10)8-11)17(22)20-9-12-3-2-6-24-12/h2-8H,9,19H2,1H3,(H,20,22). The van der Waals surface area contributed by atoms with Crippen molar-refractivity contribution in [2.45, 2.75) is 6.54 Å². The number of fused-ring (bicyclic) bond motifs is 2. The van der Waals surface area contributed by atoms with Gasteiger partial charge in [0.2, 0.25) is 0 Å². The molecule has 0 spiro atoms. The molecule has 7 heteroatoms. The summed E-state index contributed by atoms with van der Waals surface area (Å²) in [4.78, 5) is 19.5. The molecule has 126 valence electrons. The first kappa shape index (κ1) is 15.9. The Bertz CT molecular complexity index is 1070. The predicted octanol–water partition coefficient (Wildman–Crippen LogP) is 4.03. The van der Waals surface area contributed by atoms with Crippen molar-refractivity contribution >= 4 is 55.4 Å². The number of carbonyl (C=O) groups excluding carboxylic acids is 1. The summed E-state index contributed by atoms with van der Waals surface area (Å²) >= 11 is 2.92. The summed E-state index contributed by atoms with van der Waals surface area (Å²) in [6.07, 6.45) is 0. The van der Waals surface area contributed by atoms with Gasteiger partial charge in [0.05, 0.1) is 24.9 Å². The minimum Gasteiger partial charge on any atom is -0.497 e. The van der Waals surface area contributed by atoms with E-state index in [-0.39, 0.29) is 5.91 Å². The van der Waals surface area contributed by atoms with Crippen molar-refractivity contribution in [3.63, 3.8) is 0 Å². The third kappa shape index (κ3) is 2.92. The molecule has 3 heterocycles. The first-order valence-corrected chi connectivity index (χ1v) is 9.32. The monoisotopic (exact) mass is 369 g/mol. The zero-order valence-electron chi connectivity index (χ0n) is 13.4. The summed E-state index contributed by atoms with van der Waals surface area (Å²) in [5.41, 5.74) is 7.52. The number of rotatable bonds is 4. The fourth-order valence-corrected chi connectivity index (χ4v) is 4.28. The summed E-state index contributed by atoms with van der Waals surface area (Å²) in [6, 6.07) is 11.6. The lowest BCUT2D eigenvalue weighted by atomic mass is 10.1. The van der Waals surface area contributed by atoms with Crippen LogP contribution in [0.15, 0.2) is 41.8 Å². The minimum absolute atomic E-state index is 0.171.